The summed E-state index contributed by atoms with van der Waals surface area (Å²) in [6.45, 7) is 2.51. The molecule has 4 nitrogen and oxygen atoms in total. The van der Waals surface area contributed by atoms with E-state index >= 15 is 0 Å². The third-order valence-corrected chi connectivity index (χ3v) is 5.00. The predicted octanol–water partition coefficient (Wildman–Crippen LogP) is 4.17. The van der Waals surface area contributed by atoms with Gasteiger partial charge in [0.05, 0.1) is 24.3 Å². The topological polar surface area (TPSA) is 41.6 Å². The number of rotatable bonds is 5. The van der Waals surface area contributed by atoms with E-state index in [1.165, 1.54) is 6.07 Å². The molecule has 1 amide bonds. The van der Waals surface area contributed by atoms with Crippen molar-refractivity contribution in [3.63, 3.8) is 0 Å². The van der Waals surface area contributed by atoms with E-state index in [2.05, 4.69) is 5.32 Å². The zero-order valence-electron chi connectivity index (χ0n) is 15.8. The molecule has 0 aromatic heterocycles. The summed E-state index contributed by atoms with van der Waals surface area (Å²) in [4.78, 5) is 14.4. The van der Waals surface area contributed by atoms with Crippen LogP contribution < -0.4 is 10.1 Å². The normalized spacial score (nSPS) is 17.6. The Balaban J connectivity index is 1.64. The number of hydrogen-bond acceptors (Lipinski definition) is 3. The minimum absolute atomic E-state index is 0.137. The summed E-state index contributed by atoms with van der Waals surface area (Å²) in [5, 5.41) is 3.04. The van der Waals surface area contributed by atoms with Gasteiger partial charge in [0.1, 0.15) is 5.75 Å². The number of halogens is 3. The minimum Gasteiger partial charge on any atom is -0.493 e. The van der Waals surface area contributed by atoms with Crippen LogP contribution in [0.3, 0.4) is 0 Å². The Morgan fingerprint density at radius 1 is 1.25 bits per heavy atom. The monoisotopic (exact) mass is 392 g/mol. The van der Waals surface area contributed by atoms with E-state index in [9.17, 15) is 18.0 Å². The number of carbonyl (C=O) groups is 1. The second-order valence-electron chi connectivity index (χ2n) is 7.03. The second kappa shape index (κ2) is 8.22. The fourth-order valence-electron chi connectivity index (χ4n) is 3.26. The van der Waals surface area contributed by atoms with E-state index in [1.807, 2.05) is 24.3 Å². The molecule has 2 aromatic rings. The van der Waals surface area contributed by atoms with E-state index in [0.29, 0.717) is 18.6 Å². The van der Waals surface area contributed by atoms with Crippen LogP contribution in [0.1, 0.15) is 36.1 Å². The molecular weight excluding hydrogens is 369 g/mol. The van der Waals surface area contributed by atoms with Crippen LogP contribution in [0.5, 0.6) is 5.75 Å². The average molecular weight is 392 g/mol. The maximum atomic E-state index is 12.9. The highest BCUT2D eigenvalue weighted by Gasteiger charge is 2.31. The summed E-state index contributed by atoms with van der Waals surface area (Å²) in [5.41, 5.74) is 0.762. The average Bonchev–Trinajstić information content (AvgIpc) is 2.67. The molecule has 0 fully saturated rings. The summed E-state index contributed by atoms with van der Waals surface area (Å²) in [6.07, 6.45) is -3.71. The number of likely N-dealkylation sites (N-methyl/N-ethyl adjacent to an activating group) is 1. The van der Waals surface area contributed by atoms with Gasteiger partial charge in [0.2, 0.25) is 5.91 Å². The first-order valence-electron chi connectivity index (χ1n) is 9.14. The lowest BCUT2D eigenvalue weighted by atomic mass is 10.00. The van der Waals surface area contributed by atoms with Crippen molar-refractivity contribution in [3.05, 3.63) is 65.2 Å². The Morgan fingerprint density at radius 3 is 2.75 bits per heavy atom. The molecule has 1 heterocycles. The van der Waals surface area contributed by atoms with Crippen LogP contribution >= 0.6 is 0 Å². The number of alkyl halides is 3. The Bertz CT molecular complexity index is 838. The predicted molar refractivity (Wildman–Crippen MR) is 99.8 cm³/mol. The molecule has 1 aliphatic heterocycles. The molecule has 0 spiro atoms. The van der Waals surface area contributed by atoms with E-state index in [4.69, 9.17) is 4.74 Å². The molecule has 0 saturated heterocycles. The van der Waals surface area contributed by atoms with Gasteiger partial charge in [0.25, 0.3) is 0 Å². The Kier molecular flexibility index (Phi) is 5.93. The molecule has 2 aromatic carbocycles. The highest BCUT2D eigenvalue weighted by atomic mass is 19.4. The summed E-state index contributed by atoms with van der Waals surface area (Å²) in [7, 11) is 1.72. The number of ether oxygens (including phenoxy) is 1. The first-order chi connectivity index (χ1) is 13.3. The highest BCUT2D eigenvalue weighted by molar-refractivity contribution is 5.81. The number of benzene rings is 2. The quantitative estimate of drug-likeness (QED) is 0.831. The van der Waals surface area contributed by atoms with E-state index in [0.717, 1.165) is 23.4 Å². The van der Waals surface area contributed by atoms with Crippen LogP contribution in [0.4, 0.5) is 13.2 Å². The summed E-state index contributed by atoms with van der Waals surface area (Å²) in [6, 6.07) is 12.1. The summed E-state index contributed by atoms with van der Waals surface area (Å²) < 4.78 is 44.3. The SMILES string of the molecule is CC(C(=O)NC1CCOc2ccccc21)N(C)Cc1cccc(C(F)(F)F)c1. The van der Waals surface area contributed by atoms with Crippen LogP contribution in [0.2, 0.25) is 0 Å². The van der Waals surface area contributed by atoms with Gasteiger partial charge in [-0.15, -0.1) is 0 Å². The lowest BCUT2D eigenvalue weighted by Gasteiger charge is -2.30. The van der Waals surface area contributed by atoms with Crippen molar-refractivity contribution >= 4 is 5.91 Å². The zero-order valence-corrected chi connectivity index (χ0v) is 15.8. The maximum Gasteiger partial charge on any atom is 0.416 e. The standard InChI is InChI=1S/C21H23F3N2O2/c1-14(26(2)13-15-6-5-7-16(12-15)21(22,23)24)20(27)25-18-10-11-28-19-9-4-3-8-17(18)19/h3-9,12,14,18H,10-11,13H2,1-2H3,(H,25,27). The van der Waals surface area contributed by atoms with Gasteiger partial charge in [-0.05, 0) is 31.7 Å². The minimum atomic E-state index is -4.38. The molecule has 28 heavy (non-hydrogen) atoms. The Morgan fingerprint density at radius 2 is 2.00 bits per heavy atom. The van der Waals surface area contributed by atoms with Crippen molar-refractivity contribution in [2.75, 3.05) is 13.7 Å². The first kappa shape index (κ1) is 20.2. The molecule has 2 unspecified atom stereocenters. The lowest BCUT2D eigenvalue weighted by Crippen LogP contribution is -2.45. The molecule has 150 valence electrons. The van der Waals surface area contributed by atoms with Gasteiger partial charge in [0.15, 0.2) is 0 Å². The Hall–Kier alpha value is -2.54. The number of carbonyl (C=O) groups excluding carboxylic acids is 1. The molecular formula is C21H23F3N2O2. The van der Waals surface area contributed by atoms with Crippen molar-refractivity contribution in [3.8, 4) is 5.75 Å². The van der Waals surface area contributed by atoms with Crippen LogP contribution in [0.25, 0.3) is 0 Å². The third-order valence-electron chi connectivity index (χ3n) is 5.00. The fourth-order valence-corrected chi connectivity index (χ4v) is 3.26. The summed E-state index contributed by atoms with van der Waals surface area (Å²) in [5.74, 6) is 0.597. The van der Waals surface area contributed by atoms with Gasteiger partial charge in [-0.25, -0.2) is 0 Å². The molecule has 0 saturated carbocycles. The first-order valence-corrected chi connectivity index (χ1v) is 9.14. The van der Waals surface area contributed by atoms with Crippen molar-refractivity contribution in [1.29, 1.82) is 0 Å². The van der Waals surface area contributed by atoms with Crippen molar-refractivity contribution in [2.45, 2.75) is 38.1 Å². The largest absolute Gasteiger partial charge is 0.493 e. The molecule has 1 N–H and O–H groups in total. The molecule has 7 heteroatoms. The van der Waals surface area contributed by atoms with E-state index in [-0.39, 0.29) is 18.5 Å². The van der Waals surface area contributed by atoms with Gasteiger partial charge >= 0.3 is 6.18 Å². The summed E-state index contributed by atoms with van der Waals surface area (Å²) >= 11 is 0. The number of hydrogen-bond donors (Lipinski definition) is 1. The highest BCUT2D eigenvalue weighted by Crippen LogP contribution is 2.32. The molecule has 0 aliphatic carbocycles. The zero-order chi connectivity index (χ0) is 20.3. The van der Waals surface area contributed by atoms with Crippen molar-refractivity contribution in [1.82, 2.24) is 10.2 Å². The number of para-hydroxylation sites is 1. The number of nitrogens with one attached hydrogen (secondary N) is 1. The van der Waals surface area contributed by atoms with Crippen LogP contribution in [-0.4, -0.2) is 30.5 Å². The van der Waals surface area contributed by atoms with Crippen molar-refractivity contribution < 1.29 is 22.7 Å². The van der Waals surface area contributed by atoms with Crippen molar-refractivity contribution in [2.24, 2.45) is 0 Å². The van der Waals surface area contributed by atoms with Crippen LogP contribution in [0, 0.1) is 0 Å². The van der Waals surface area contributed by atoms with Gasteiger partial charge in [-0.1, -0.05) is 36.4 Å². The van der Waals surface area contributed by atoms with Gasteiger partial charge in [-0.2, -0.15) is 13.2 Å². The maximum absolute atomic E-state index is 12.9. The third kappa shape index (κ3) is 4.65. The lowest BCUT2D eigenvalue weighted by molar-refractivity contribution is -0.137. The smallest absolute Gasteiger partial charge is 0.416 e. The second-order valence-corrected chi connectivity index (χ2v) is 7.03. The Labute approximate surface area is 162 Å². The number of fused-ring (bicyclic) bond motifs is 1. The number of amides is 1. The molecule has 3 rings (SSSR count). The molecule has 0 radical (unpaired) electrons. The molecule has 1 aliphatic rings. The van der Waals surface area contributed by atoms with Crippen LogP contribution in [0.15, 0.2) is 48.5 Å². The van der Waals surface area contributed by atoms with Gasteiger partial charge in [-0.3, -0.25) is 9.69 Å². The molecule has 0 bridgehead atoms. The van der Waals surface area contributed by atoms with Gasteiger partial charge in [0, 0.05) is 18.5 Å². The number of nitrogens with zero attached hydrogens (tertiary/aromatic N) is 1. The van der Waals surface area contributed by atoms with E-state index < -0.39 is 17.8 Å². The van der Waals surface area contributed by atoms with E-state index in [1.54, 1.807) is 24.9 Å². The fraction of sp³-hybridized carbons (Fsp3) is 0.381. The van der Waals surface area contributed by atoms with Gasteiger partial charge < -0.3 is 10.1 Å². The molecule has 2 atom stereocenters. The van der Waals surface area contributed by atoms with Crippen LogP contribution in [-0.2, 0) is 17.5 Å².